The molecule has 0 atom stereocenters. The van der Waals surface area contributed by atoms with E-state index in [1.54, 1.807) is 0 Å². The van der Waals surface area contributed by atoms with E-state index in [2.05, 4.69) is 32.6 Å². The first kappa shape index (κ1) is 17.8. The van der Waals surface area contributed by atoms with Crippen LogP contribution in [0.4, 0.5) is 13.2 Å². The molecule has 0 aromatic heterocycles. The monoisotopic (exact) mass is 294 g/mol. The molecule has 0 amide bonds. The zero-order valence-corrected chi connectivity index (χ0v) is 13.1. The average Bonchev–Trinajstić information content (AvgIpc) is 2.34. The molecule has 0 aromatic rings. The van der Waals surface area contributed by atoms with E-state index < -0.39 is 12.1 Å². The van der Waals surface area contributed by atoms with E-state index in [0.29, 0.717) is 31.3 Å². The number of nitrogens with two attached hydrogens (primary N) is 1. The second kappa shape index (κ2) is 6.65. The van der Waals surface area contributed by atoms with Gasteiger partial charge in [-0.1, -0.05) is 13.8 Å². The summed E-state index contributed by atoms with van der Waals surface area (Å²) in [5.74, 6) is -0.656. The Kier molecular flexibility index (Phi) is 5.90. The lowest BCUT2D eigenvalue weighted by atomic mass is 9.74. The van der Waals surface area contributed by atoms with Gasteiger partial charge in [-0.15, -0.1) is 0 Å². The summed E-state index contributed by atoms with van der Waals surface area (Å²) in [7, 11) is 0. The molecule has 0 aromatic carbocycles. The molecule has 0 unspecified atom stereocenters. The molecule has 1 aliphatic carbocycles. The van der Waals surface area contributed by atoms with Gasteiger partial charge in [0.1, 0.15) is 0 Å². The van der Waals surface area contributed by atoms with Crippen LogP contribution in [0, 0.1) is 11.8 Å². The van der Waals surface area contributed by atoms with Crippen molar-refractivity contribution in [3.8, 4) is 0 Å². The van der Waals surface area contributed by atoms with Crippen molar-refractivity contribution in [2.45, 2.75) is 71.1 Å². The van der Waals surface area contributed by atoms with Gasteiger partial charge in [-0.2, -0.15) is 13.2 Å². The van der Waals surface area contributed by atoms with Crippen LogP contribution in [-0.2, 0) is 0 Å². The Morgan fingerprint density at radius 1 is 1.15 bits per heavy atom. The van der Waals surface area contributed by atoms with Crippen LogP contribution in [0.5, 0.6) is 0 Å². The van der Waals surface area contributed by atoms with E-state index in [4.69, 9.17) is 5.73 Å². The molecule has 1 aliphatic rings. The first-order chi connectivity index (χ1) is 9.12. The highest BCUT2D eigenvalue weighted by atomic mass is 19.4. The molecule has 5 heteroatoms. The quantitative estimate of drug-likeness (QED) is 0.835. The summed E-state index contributed by atoms with van der Waals surface area (Å²) in [6.07, 6.45) is -2.53. The Labute approximate surface area is 120 Å². The Bertz CT molecular complexity index is 292. The topological polar surface area (TPSA) is 29.3 Å². The maximum absolute atomic E-state index is 12.8. The zero-order chi connectivity index (χ0) is 15.6. The molecule has 120 valence electrons. The number of hydrogen-bond acceptors (Lipinski definition) is 2. The second-order valence-electron chi connectivity index (χ2n) is 6.88. The van der Waals surface area contributed by atoms with Crippen LogP contribution in [0.3, 0.4) is 0 Å². The summed E-state index contributed by atoms with van der Waals surface area (Å²) in [6.45, 7) is 9.83. The minimum atomic E-state index is -4.05. The third-order valence-corrected chi connectivity index (χ3v) is 4.55. The second-order valence-corrected chi connectivity index (χ2v) is 6.88. The molecule has 2 nitrogen and oxygen atoms in total. The van der Waals surface area contributed by atoms with Gasteiger partial charge in [0.2, 0.25) is 0 Å². The van der Waals surface area contributed by atoms with Gasteiger partial charge >= 0.3 is 6.18 Å². The molecule has 20 heavy (non-hydrogen) atoms. The van der Waals surface area contributed by atoms with Crippen LogP contribution in [0.15, 0.2) is 0 Å². The zero-order valence-electron chi connectivity index (χ0n) is 13.1. The molecule has 0 heterocycles. The van der Waals surface area contributed by atoms with Gasteiger partial charge in [0.15, 0.2) is 0 Å². The van der Waals surface area contributed by atoms with Crippen LogP contribution in [-0.4, -0.2) is 35.7 Å². The van der Waals surface area contributed by atoms with Crippen LogP contribution < -0.4 is 5.73 Å². The molecular weight excluding hydrogens is 265 g/mol. The Balaban J connectivity index is 2.83. The summed E-state index contributed by atoms with van der Waals surface area (Å²) >= 11 is 0. The Hall–Kier alpha value is -0.290. The van der Waals surface area contributed by atoms with Crippen molar-refractivity contribution in [1.82, 2.24) is 4.90 Å². The van der Waals surface area contributed by atoms with Gasteiger partial charge in [0.25, 0.3) is 0 Å². The van der Waals surface area contributed by atoms with E-state index >= 15 is 0 Å². The highest BCUT2D eigenvalue weighted by Crippen LogP contribution is 2.43. The lowest BCUT2D eigenvalue weighted by molar-refractivity contribution is -0.189. The molecule has 0 radical (unpaired) electrons. The third-order valence-electron chi connectivity index (χ3n) is 4.55. The lowest BCUT2D eigenvalue weighted by Gasteiger charge is -2.50. The molecule has 1 rings (SSSR count). The Morgan fingerprint density at radius 3 is 1.95 bits per heavy atom. The number of nitrogens with zero attached hydrogens (tertiary/aromatic N) is 1. The van der Waals surface area contributed by atoms with Crippen LogP contribution in [0.2, 0.25) is 0 Å². The van der Waals surface area contributed by atoms with Gasteiger partial charge < -0.3 is 5.73 Å². The average molecular weight is 294 g/mol. The van der Waals surface area contributed by atoms with E-state index in [1.165, 1.54) is 0 Å². The highest BCUT2D eigenvalue weighted by molar-refractivity contribution is 4.98. The molecule has 0 saturated heterocycles. The molecule has 1 fully saturated rings. The third kappa shape index (κ3) is 4.10. The number of rotatable bonds is 5. The maximum Gasteiger partial charge on any atom is 0.391 e. The van der Waals surface area contributed by atoms with Crippen molar-refractivity contribution in [2.75, 3.05) is 13.1 Å². The SMILES string of the molecule is CC(C)CN(C(C)C)C1(CN)CCC(C(F)(F)F)CC1. The predicted molar refractivity (Wildman–Crippen MR) is 76.5 cm³/mol. The van der Waals surface area contributed by atoms with Crippen molar-refractivity contribution < 1.29 is 13.2 Å². The van der Waals surface area contributed by atoms with E-state index in [0.717, 1.165) is 6.54 Å². The summed E-state index contributed by atoms with van der Waals surface area (Å²) in [5, 5.41) is 0. The highest BCUT2D eigenvalue weighted by Gasteiger charge is 2.47. The molecular formula is C15H29F3N2. The maximum atomic E-state index is 12.8. The lowest BCUT2D eigenvalue weighted by Crippen LogP contribution is -2.59. The van der Waals surface area contributed by atoms with E-state index in [9.17, 15) is 13.2 Å². The fourth-order valence-corrected chi connectivity index (χ4v) is 3.44. The van der Waals surface area contributed by atoms with E-state index in [-0.39, 0.29) is 18.4 Å². The van der Waals surface area contributed by atoms with Crippen LogP contribution in [0.1, 0.15) is 53.4 Å². The predicted octanol–water partition coefficient (Wildman–Crippen LogP) is 3.80. The van der Waals surface area contributed by atoms with Crippen molar-refractivity contribution in [3.05, 3.63) is 0 Å². The van der Waals surface area contributed by atoms with Crippen molar-refractivity contribution in [2.24, 2.45) is 17.6 Å². The standard InChI is InChI=1S/C15H29F3N2/c1-11(2)9-20(12(3)4)14(10-19)7-5-13(6-8-14)15(16,17)18/h11-13H,5-10,19H2,1-4H3. The first-order valence-electron chi connectivity index (χ1n) is 7.66. The minimum absolute atomic E-state index is 0.210. The smallest absolute Gasteiger partial charge is 0.329 e. The minimum Gasteiger partial charge on any atom is -0.329 e. The Morgan fingerprint density at radius 2 is 1.65 bits per heavy atom. The number of alkyl halides is 3. The van der Waals surface area contributed by atoms with Gasteiger partial charge in [-0.25, -0.2) is 0 Å². The van der Waals surface area contributed by atoms with Crippen LogP contribution in [0.25, 0.3) is 0 Å². The first-order valence-corrected chi connectivity index (χ1v) is 7.66. The molecule has 1 saturated carbocycles. The fraction of sp³-hybridized carbons (Fsp3) is 1.00. The molecule has 0 aliphatic heterocycles. The van der Waals surface area contributed by atoms with Crippen molar-refractivity contribution in [3.63, 3.8) is 0 Å². The normalized spacial score (nSPS) is 28.6. The van der Waals surface area contributed by atoms with Crippen molar-refractivity contribution >= 4 is 0 Å². The summed E-state index contributed by atoms with van der Waals surface area (Å²) in [5.41, 5.74) is 5.73. The number of hydrogen-bond donors (Lipinski definition) is 1. The van der Waals surface area contributed by atoms with Gasteiger partial charge in [0.05, 0.1) is 5.92 Å². The molecule has 0 bridgehead atoms. The summed E-state index contributed by atoms with van der Waals surface area (Å²) in [4.78, 5) is 2.34. The van der Waals surface area contributed by atoms with Crippen molar-refractivity contribution in [1.29, 1.82) is 0 Å². The molecule has 2 N–H and O–H groups in total. The largest absolute Gasteiger partial charge is 0.391 e. The van der Waals surface area contributed by atoms with Gasteiger partial charge in [-0.05, 0) is 45.4 Å². The van der Waals surface area contributed by atoms with Gasteiger partial charge in [-0.3, -0.25) is 4.90 Å². The van der Waals surface area contributed by atoms with E-state index in [1.807, 2.05) is 0 Å². The van der Waals surface area contributed by atoms with Gasteiger partial charge in [0, 0.05) is 24.7 Å². The summed E-state index contributed by atoms with van der Waals surface area (Å²) < 4.78 is 38.5. The molecule has 0 spiro atoms. The fourth-order valence-electron chi connectivity index (χ4n) is 3.44. The summed E-state index contributed by atoms with van der Waals surface area (Å²) in [6, 6.07) is 0.309. The van der Waals surface area contributed by atoms with Crippen LogP contribution >= 0.6 is 0 Å². The number of halogens is 3.